The van der Waals surface area contributed by atoms with Crippen LogP contribution in [0.1, 0.15) is 0 Å². The highest BCUT2D eigenvalue weighted by Crippen LogP contribution is 1.96. The first-order chi connectivity index (χ1) is 4.88. The van der Waals surface area contributed by atoms with Crippen molar-refractivity contribution in [3.05, 3.63) is 16.8 Å². The summed E-state index contributed by atoms with van der Waals surface area (Å²) >= 11 is 1.42. The lowest BCUT2D eigenvalue weighted by Gasteiger charge is -1.99. The van der Waals surface area contributed by atoms with Gasteiger partial charge in [-0.05, 0) is 16.2 Å². The van der Waals surface area contributed by atoms with Gasteiger partial charge in [-0.15, -0.1) is 0 Å². The summed E-state index contributed by atoms with van der Waals surface area (Å²) in [5.74, 6) is 0. The lowest BCUT2D eigenvalue weighted by Crippen LogP contribution is -2.33. The summed E-state index contributed by atoms with van der Waals surface area (Å²) in [6.45, 7) is 0. The molecule has 2 N–H and O–H groups in total. The second-order valence-corrected chi connectivity index (χ2v) is 2.38. The van der Waals surface area contributed by atoms with Crippen LogP contribution >= 0.6 is 11.3 Å². The van der Waals surface area contributed by atoms with Crippen LogP contribution in [-0.4, -0.2) is 17.6 Å². The molecule has 0 saturated carbocycles. The quantitative estimate of drug-likeness (QED) is 0.382. The molecule has 54 valence electrons. The van der Waals surface area contributed by atoms with Gasteiger partial charge in [0.25, 0.3) is 0 Å². The van der Waals surface area contributed by atoms with Crippen molar-refractivity contribution in [2.24, 2.45) is 0 Å². The van der Waals surface area contributed by atoms with Gasteiger partial charge in [0.05, 0.1) is 0 Å². The van der Waals surface area contributed by atoms with Gasteiger partial charge in [0.2, 0.25) is 0 Å². The van der Waals surface area contributed by atoms with E-state index in [1.54, 1.807) is 16.8 Å². The zero-order valence-corrected chi connectivity index (χ0v) is 5.75. The van der Waals surface area contributed by atoms with E-state index in [9.17, 15) is 0 Å². The monoisotopic (exact) mass is 160 g/mol. The van der Waals surface area contributed by atoms with Gasteiger partial charge in [-0.25, -0.2) is 0 Å². The van der Waals surface area contributed by atoms with Crippen LogP contribution in [0.4, 0.5) is 0 Å². The van der Waals surface area contributed by atoms with E-state index < -0.39 is 7.12 Å². The molecule has 0 saturated heterocycles. The Morgan fingerprint density at radius 1 is 1.40 bits per heavy atom. The number of hydrogen-bond acceptors (Lipinski definition) is 5. The number of thiophene rings is 1. The molecule has 0 unspecified atom stereocenters. The predicted octanol–water partition coefficient (Wildman–Crippen LogP) is 0.422. The molecule has 0 aliphatic heterocycles. The van der Waals surface area contributed by atoms with Crippen LogP contribution in [-0.2, 0) is 9.61 Å². The van der Waals surface area contributed by atoms with Crippen LogP contribution in [0.15, 0.2) is 16.8 Å². The van der Waals surface area contributed by atoms with Gasteiger partial charge in [0.15, 0.2) is 0 Å². The van der Waals surface area contributed by atoms with E-state index in [4.69, 9.17) is 10.5 Å². The Balaban J connectivity index is 2.64. The van der Waals surface area contributed by atoms with Gasteiger partial charge in [-0.2, -0.15) is 11.3 Å². The van der Waals surface area contributed by atoms with Gasteiger partial charge in [0, 0.05) is 0 Å². The van der Waals surface area contributed by atoms with Gasteiger partial charge >= 0.3 is 7.12 Å². The molecule has 1 rings (SSSR count). The van der Waals surface area contributed by atoms with Crippen molar-refractivity contribution in [2.45, 2.75) is 0 Å². The van der Waals surface area contributed by atoms with Crippen LogP contribution < -0.4 is 5.46 Å². The van der Waals surface area contributed by atoms with Crippen molar-refractivity contribution in [3.63, 3.8) is 0 Å². The molecule has 0 spiro atoms. The predicted molar refractivity (Wildman–Crippen MR) is 37.1 cm³/mol. The Kier molecular flexibility index (Phi) is 2.85. The lowest BCUT2D eigenvalue weighted by atomic mass is 9.83. The molecular formula is C4H5BO4S. The third-order valence-corrected chi connectivity index (χ3v) is 1.71. The standard InChI is InChI=1S/C4H5BO4S/c6-8-5(9-7)4-1-2-10-3-4/h1-3,6-7H. The zero-order valence-electron chi connectivity index (χ0n) is 4.93. The van der Waals surface area contributed by atoms with E-state index in [0.29, 0.717) is 5.46 Å². The molecule has 1 aromatic rings. The van der Waals surface area contributed by atoms with E-state index in [2.05, 4.69) is 9.61 Å². The third-order valence-electron chi connectivity index (χ3n) is 1.01. The first kappa shape index (κ1) is 7.71. The minimum absolute atomic E-state index is 0.579. The first-order valence-electron chi connectivity index (χ1n) is 2.51. The fraction of sp³-hybridized carbons (Fsp3) is 0. The highest BCUT2D eigenvalue weighted by atomic mass is 32.1. The molecule has 0 aliphatic rings. The van der Waals surface area contributed by atoms with Crippen molar-refractivity contribution in [1.29, 1.82) is 0 Å². The topological polar surface area (TPSA) is 58.9 Å². The Hall–Kier alpha value is -0.395. The molecule has 10 heavy (non-hydrogen) atoms. The summed E-state index contributed by atoms with van der Waals surface area (Å²) in [4.78, 5) is 7.56. The average Bonchev–Trinajstić information content (AvgIpc) is 2.43. The van der Waals surface area contributed by atoms with Gasteiger partial charge in [-0.1, -0.05) is 6.07 Å². The molecule has 0 amide bonds. The van der Waals surface area contributed by atoms with Crippen LogP contribution in [0.5, 0.6) is 0 Å². The molecular weight excluding hydrogens is 155 g/mol. The van der Waals surface area contributed by atoms with Gasteiger partial charge in [-0.3, -0.25) is 20.1 Å². The minimum atomic E-state index is -1.09. The van der Waals surface area contributed by atoms with E-state index in [1.165, 1.54) is 11.3 Å². The summed E-state index contributed by atoms with van der Waals surface area (Å²) in [5.41, 5.74) is 0.579. The normalized spacial score (nSPS) is 9.80. The summed E-state index contributed by atoms with van der Waals surface area (Å²) in [7, 11) is -1.09. The maximum Gasteiger partial charge on any atom is 0.555 e. The van der Waals surface area contributed by atoms with Crippen LogP contribution in [0.2, 0.25) is 0 Å². The maximum absolute atomic E-state index is 8.12. The smallest absolute Gasteiger partial charge is 0.264 e. The maximum atomic E-state index is 8.12. The molecule has 0 aliphatic carbocycles. The van der Waals surface area contributed by atoms with Gasteiger partial charge in [0.1, 0.15) is 0 Å². The van der Waals surface area contributed by atoms with Gasteiger partial charge < -0.3 is 0 Å². The minimum Gasteiger partial charge on any atom is -0.264 e. The summed E-state index contributed by atoms with van der Waals surface area (Å²) in [6, 6.07) is 1.67. The number of rotatable bonds is 3. The Bertz CT molecular complexity index is 173. The van der Waals surface area contributed by atoms with Crippen molar-refractivity contribution in [2.75, 3.05) is 0 Å². The second-order valence-electron chi connectivity index (χ2n) is 1.60. The first-order valence-corrected chi connectivity index (χ1v) is 3.45. The molecule has 0 atom stereocenters. The Morgan fingerprint density at radius 2 is 2.10 bits per heavy atom. The fourth-order valence-corrected chi connectivity index (χ4v) is 1.21. The van der Waals surface area contributed by atoms with E-state index in [0.717, 1.165) is 0 Å². The summed E-state index contributed by atoms with van der Waals surface area (Å²) in [6.07, 6.45) is 0. The second kappa shape index (κ2) is 3.70. The molecule has 0 bridgehead atoms. The molecule has 1 aromatic heterocycles. The fourth-order valence-electron chi connectivity index (χ4n) is 0.550. The average molecular weight is 160 g/mol. The van der Waals surface area contributed by atoms with E-state index >= 15 is 0 Å². The van der Waals surface area contributed by atoms with E-state index in [-0.39, 0.29) is 0 Å². The van der Waals surface area contributed by atoms with Crippen molar-refractivity contribution in [3.8, 4) is 0 Å². The van der Waals surface area contributed by atoms with Crippen molar-refractivity contribution in [1.82, 2.24) is 0 Å². The Labute approximate surface area is 61.6 Å². The van der Waals surface area contributed by atoms with Crippen LogP contribution in [0, 0.1) is 0 Å². The zero-order chi connectivity index (χ0) is 7.40. The summed E-state index contributed by atoms with van der Waals surface area (Å²) in [5, 5.41) is 19.7. The number of hydrogen-bond donors (Lipinski definition) is 2. The molecule has 0 fully saturated rings. The van der Waals surface area contributed by atoms with Crippen LogP contribution in [0.3, 0.4) is 0 Å². The molecule has 4 nitrogen and oxygen atoms in total. The van der Waals surface area contributed by atoms with Crippen molar-refractivity contribution < 1.29 is 20.1 Å². The van der Waals surface area contributed by atoms with Crippen LogP contribution in [0.25, 0.3) is 0 Å². The molecule has 0 radical (unpaired) electrons. The third kappa shape index (κ3) is 1.56. The highest BCUT2D eigenvalue weighted by molar-refractivity contribution is 7.09. The molecule has 0 aromatic carbocycles. The highest BCUT2D eigenvalue weighted by Gasteiger charge is 2.21. The largest absolute Gasteiger partial charge is 0.555 e. The molecule has 1 heterocycles. The summed E-state index contributed by atoms with van der Waals surface area (Å²) < 4.78 is 0. The lowest BCUT2D eigenvalue weighted by molar-refractivity contribution is -0.221. The van der Waals surface area contributed by atoms with Crippen molar-refractivity contribution >= 4 is 23.9 Å². The Morgan fingerprint density at radius 3 is 2.50 bits per heavy atom. The molecule has 6 heteroatoms. The SMILES string of the molecule is OOB(OO)c1ccsc1. The van der Waals surface area contributed by atoms with E-state index in [1.807, 2.05) is 0 Å².